The predicted octanol–water partition coefficient (Wildman–Crippen LogP) is 9.29. The number of amides is 2. The lowest BCUT2D eigenvalue weighted by Gasteiger charge is -2.29. The van der Waals surface area contributed by atoms with Crippen LogP contribution < -0.4 is 15.4 Å². The average molecular weight is 946 g/mol. The third-order valence-electron chi connectivity index (χ3n) is 10.6. The first kappa shape index (κ1) is 50.0. The number of benzene rings is 5. The number of carbonyl (C=O) groups excluding carboxylic acids is 4. The fraction of sp³-hybridized carbons (Fsp3) is 0.288. The van der Waals surface area contributed by atoms with Gasteiger partial charge in [-0.05, 0) is 62.4 Å². The van der Waals surface area contributed by atoms with Crippen molar-refractivity contribution in [1.82, 2.24) is 15.8 Å². The van der Waals surface area contributed by atoms with Crippen LogP contribution >= 0.6 is 19.8 Å². The highest BCUT2D eigenvalue weighted by atomic mass is 32.2. The van der Waals surface area contributed by atoms with E-state index >= 15 is 0 Å². The van der Waals surface area contributed by atoms with Gasteiger partial charge in [-0.2, -0.15) is 0 Å². The van der Waals surface area contributed by atoms with Gasteiger partial charge in [0.2, 0.25) is 11.0 Å². The summed E-state index contributed by atoms with van der Waals surface area (Å²) in [4.78, 5) is 66.0. The van der Waals surface area contributed by atoms with Crippen LogP contribution in [0.1, 0.15) is 60.0 Å². The maximum Gasteiger partial charge on any atom is 0.407 e. The van der Waals surface area contributed by atoms with Crippen molar-refractivity contribution in [2.24, 2.45) is 5.92 Å². The molecule has 15 heteroatoms. The fourth-order valence-electron chi connectivity index (χ4n) is 7.30. The van der Waals surface area contributed by atoms with Crippen LogP contribution in [0.2, 0.25) is 0 Å². The Labute approximate surface area is 395 Å². The zero-order valence-electron chi connectivity index (χ0n) is 37.7. The highest BCUT2D eigenvalue weighted by Gasteiger charge is 2.36. The van der Waals surface area contributed by atoms with Crippen LogP contribution in [-0.2, 0) is 49.5 Å². The minimum Gasteiger partial charge on any atom is -0.488 e. The molecule has 0 spiro atoms. The van der Waals surface area contributed by atoms with E-state index in [-0.39, 0.29) is 49.8 Å². The predicted molar refractivity (Wildman–Crippen MR) is 259 cm³/mol. The first-order chi connectivity index (χ1) is 32.3. The van der Waals surface area contributed by atoms with Crippen LogP contribution in [0.15, 0.2) is 156 Å². The first-order valence-electron chi connectivity index (χ1n) is 22.0. The van der Waals surface area contributed by atoms with Gasteiger partial charge < -0.3 is 34.3 Å². The molecule has 6 rings (SSSR count). The Morgan fingerprint density at radius 1 is 0.731 bits per heavy atom. The van der Waals surface area contributed by atoms with Crippen molar-refractivity contribution in [2.45, 2.75) is 76.4 Å². The normalized spacial score (nSPS) is 13.6. The van der Waals surface area contributed by atoms with Gasteiger partial charge in [0, 0.05) is 47.7 Å². The maximum atomic E-state index is 14.8. The molecule has 5 atom stereocenters. The number of thioether (sulfide) groups is 1. The second-order valence-corrected chi connectivity index (χ2v) is 19.4. The Hall–Kier alpha value is -6.47. The van der Waals surface area contributed by atoms with Gasteiger partial charge in [-0.1, -0.05) is 150 Å². The van der Waals surface area contributed by atoms with E-state index in [1.165, 1.54) is 0 Å². The molecular formula is C52H56N3O10PS. The summed E-state index contributed by atoms with van der Waals surface area (Å²) in [5, 5.41) is 9.80. The molecule has 5 aromatic carbocycles. The number of ether oxygens (including phenoxy) is 3. The number of nitrogens with one attached hydrogen (secondary N) is 2. The van der Waals surface area contributed by atoms with Crippen LogP contribution in [0, 0.1) is 5.92 Å². The molecule has 67 heavy (non-hydrogen) atoms. The molecule has 0 saturated carbocycles. The van der Waals surface area contributed by atoms with Gasteiger partial charge in [0.25, 0.3) is 0 Å². The van der Waals surface area contributed by atoms with E-state index in [4.69, 9.17) is 18.7 Å². The molecule has 0 bridgehead atoms. The van der Waals surface area contributed by atoms with Gasteiger partial charge in [0.05, 0.1) is 5.66 Å². The zero-order chi connectivity index (χ0) is 47.6. The second kappa shape index (κ2) is 24.9. The number of alkyl carbamates (subject to hydrolysis) is 1. The molecule has 0 saturated heterocycles. The summed E-state index contributed by atoms with van der Waals surface area (Å²) < 4.78 is 36.6. The molecule has 0 aliphatic rings. The summed E-state index contributed by atoms with van der Waals surface area (Å²) in [6.07, 6.45) is -0.919. The largest absolute Gasteiger partial charge is 0.488 e. The van der Waals surface area contributed by atoms with E-state index in [2.05, 4.69) is 15.8 Å². The van der Waals surface area contributed by atoms with Crippen molar-refractivity contribution >= 4 is 42.9 Å². The Morgan fingerprint density at radius 2 is 1.33 bits per heavy atom. The minimum atomic E-state index is -3.49. The number of nitrogens with zero attached hydrogens (tertiary/aromatic N) is 1. The van der Waals surface area contributed by atoms with E-state index in [1.54, 1.807) is 54.6 Å². The van der Waals surface area contributed by atoms with Crippen molar-refractivity contribution in [3.05, 3.63) is 180 Å². The van der Waals surface area contributed by atoms with Crippen molar-refractivity contribution < 1.29 is 47.4 Å². The summed E-state index contributed by atoms with van der Waals surface area (Å²) in [6, 6.07) is 43.0. The lowest BCUT2D eigenvalue weighted by molar-refractivity contribution is -0.147. The molecule has 1 heterocycles. The standard InChI is InChI=1S/C52H56N3O10PS/c1-52(2,3)64-42-26-24-37(25-27-42)31-46(49(57)62-28-29-67-50(58)40-22-14-7-15-23-40)53-48(56)41(32-43-34-44(55-65-43)39-20-12-6-13-21-39)33-47(66(60)61)45(30-36-16-8-4-9-17-36)54-51(59)63-35-38-18-10-5-11-19-38/h4-27,34,41,45-47,66H,28-33,35H2,1-3H3,(H,53,56)(H,54,59)(H,60,61)/t41?,45-,46?,47?/m1/s1. The third kappa shape index (κ3) is 16.4. The number of aromatic nitrogens is 1. The molecule has 6 aromatic rings. The Kier molecular flexibility index (Phi) is 18.6. The molecule has 4 unspecified atom stereocenters. The SMILES string of the molecule is CC(C)(C)Oc1ccc(CC(NC(=O)C(Cc2cc(-c3ccccc3)no2)CC([C@@H](Cc2ccccc2)NC(=O)OCc2ccccc2)[PH](=O)O)C(=O)OCCSC(=O)c2ccccc2)cc1. The number of rotatable bonds is 22. The molecule has 3 N–H and O–H groups in total. The van der Waals surface area contributed by atoms with Crippen molar-refractivity contribution in [3.8, 4) is 17.0 Å². The van der Waals surface area contributed by atoms with Crippen LogP contribution in [-0.4, -0.2) is 68.8 Å². The summed E-state index contributed by atoms with van der Waals surface area (Å²) in [5.74, 6) is -1.34. The van der Waals surface area contributed by atoms with Gasteiger partial charge in [-0.3, -0.25) is 14.2 Å². The molecule has 0 aliphatic heterocycles. The second-order valence-electron chi connectivity index (χ2n) is 16.9. The van der Waals surface area contributed by atoms with Crippen molar-refractivity contribution in [2.75, 3.05) is 12.4 Å². The molecule has 0 radical (unpaired) electrons. The van der Waals surface area contributed by atoms with Crippen molar-refractivity contribution in [1.29, 1.82) is 0 Å². The van der Waals surface area contributed by atoms with Gasteiger partial charge in [0.15, 0.2) is 8.03 Å². The van der Waals surface area contributed by atoms with Crippen LogP contribution in [0.5, 0.6) is 5.75 Å². The quantitative estimate of drug-likeness (QED) is 0.0334. The number of hydrogen-bond donors (Lipinski definition) is 3. The van der Waals surface area contributed by atoms with Crippen LogP contribution in [0.4, 0.5) is 4.79 Å². The zero-order valence-corrected chi connectivity index (χ0v) is 39.5. The number of hydrogen-bond acceptors (Lipinski definition) is 11. The van der Waals surface area contributed by atoms with Crippen molar-refractivity contribution in [3.63, 3.8) is 0 Å². The molecule has 13 nitrogen and oxygen atoms in total. The fourth-order valence-corrected chi connectivity index (χ4v) is 8.99. The molecule has 1 aromatic heterocycles. The van der Waals surface area contributed by atoms with Gasteiger partial charge in [0.1, 0.15) is 42.1 Å². The van der Waals surface area contributed by atoms with E-state index in [0.717, 1.165) is 28.5 Å². The van der Waals surface area contributed by atoms with E-state index < -0.39 is 55.3 Å². The number of esters is 1. The van der Waals surface area contributed by atoms with E-state index in [9.17, 15) is 28.6 Å². The Bertz CT molecular complexity index is 2520. The first-order valence-corrected chi connectivity index (χ1v) is 24.4. The molecule has 0 aliphatic carbocycles. The highest BCUT2D eigenvalue weighted by Crippen LogP contribution is 2.35. The average Bonchev–Trinajstić information content (AvgIpc) is 3.80. The highest BCUT2D eigenvalue weighted by molar-refractivity contribution is 8.14. The summed E-state index contributed by atoms with van der Waals surface area (Å²) in [5.41, 5.74) is 2.45. The van der Waals surface area contributed by atoms with Crippen LogP contribution in [0.3, 0.4) is 0 Å². The third-order valence-corrected chi connectivity index (χ3v) is 12.7. The van der Waals surface area contributed by atoms with Gasteiger partial charge in [-0.25, -0.2) is 9.59 Å². The Morgan fingerprint density at radius 3 is 1.96 bits per heavy atom. The summed E-state index contributed by atoms with van der Waals surface area (Å²) in [7, 11) is -3.49. The smallest absolute Gasteiger partial charge is 0.407 e. The van der Waals surface area contributed by atoms with Gasteiger partial charge in [-0.15, -0.1) is 0 Å². The maximum absolute atomic E-state index is 14.8. The molecule has 350 valence electrons. The monoisotopic (exact) mass is 945 g/mol. The van der Waals surface area contributed by atoms with E-state index in [1.807, 2.05) is 118 Å². The topological polar surface area (TPSA) is 183 Å². The Balaban J connectivity index is 1.27. The summed E-state index contributed by atoms with van der Waals surface area (Å²) in [6.45, 7) is 5.65. The lowest BCUT2D eigenvalue weighted by atomic mass is 9.91. The molecule has 2 amide bonds. The molecular weight excluding hydrogens is 890 g/mol. The van der Waals surface area contributed by atoms with E-state index in [0.29, 0.717) is 28.3 Å². The van der Waals surface area contributed by atoms with Gasteiger partial charge >= 0.3 is 12.1 Å². The molecule has 0 fully saturated rings. The number of carbonyl (C=O) groups is 4. The lowest BCUT2D eigenvalue weighted by Crippen LogP contribution is -2.49. The van der Waals surface area contributed by atoms with Crippen LogP contribution in [0.25, 0.3) is 11.3 Å². The minimum absolute atomic E-state index is 0.0229. The summed E-state index contributed by atoms with van der Waals surface area (Å²) >= 11 is 1.01.